The van der Waals surface area contributed by atoms with Gasteiger partial charge in [-0.3, -0.25) is 14.9 Å². The number of rotatable bonds is 9. The summed E-state index contributed by atoms with van der Waals surface area (Å²) < 4.78 is 7.47. The highest BCUT2D eigenvalue weighted by Crippen LogP contribution is 2.24. The molecule has 1 saturated heterocycles. The summed E-state index contributed by atoms with van der Waals surface area (Å²) in [7, 11) is 0. The Morgan fingerprint density at radius 1 is 1.16 bits per heavy atom. The number of likely N-dealkylation sites (tertiary alicyclic amines) is 1. The highest BCUT2D eigenvalue weighted by atomic mass is 16.5. The maximum absolute atomic E-state index is 13.0. The van der Waals surface area contributed by atoms with Crippen LogP contribution in [-0.2, 0) is 27.4 Å². The van der Waals surface area contributed by atoms with Crippen molar-refractivity contribution < 1.29 is 14.3 Å². The first-order chi connectivity index (χ1) is 15.2. The topological polar surface area (TPSA) is 76.5 Å². The number of carbonyl (C=O) groups is 2. The number of nitrogens with one attached hydrogen (secondary N) is 1. The van der Waals surface area contributed by atoms with Crippen molar-refractivity contribution in [2.45, 2.75) is 32.9 Å². The van der Waals surface area contributed by atoms with E-state index in [1.165, 1.54) is 0 Å². The number of hydrogen-bond donors (Lipinski definition) is 1. The predicted octanol–water partition coefficient (Wildman–Crippen LogP) is 3.45. The summed E-state index contributed by atoms with van der Waals surface area (Å²) in [5.41, 5.74) is 2.87. The van der Waals surface area contributed by atoms with E-state index in [0.29, 0.717) is 38.8 Å². The zero-order chi connectivity index (χ0) is 21.6. The highest BCUT2D eigenvalue weighted by molar-refractivity contribution is 5.97. The number of aryl methyl sites for hydroxylation is 1. The van der Waals surface area contributed by atoms with Crippen molar-refractivity contribution in [3.05, 3.63) is 60.2 Å². The molecule has 0 radical (unpaired) electrons. The van der Waals surface area contributed by atoms with Gasteiger partial charge in [0.05, 0.1) is 17.0 Å². The van der Waals surface area contributed by atoms with E-state index in [1.54, 1.807) is 4.90 Å². The van der Waals surface area contributed by atoms with Gasteiger partial charge >= 0.3 is 0 Å². The lowest BCUT2D eigenvalue weighted by Gasteiger charge is -2.17. The summed E-state index contributed by atoms with van der Waals surface area (Å²) in [6, 6.07) is 17.7. The van der Waals surface area contributed by atoms with Gasteiger partial charge in [-0.1, -0.05) is 42.5 Å². The van der Waals surface area contributed by atoms with Gasteiger partial charge in [0.2, 0.25) is 17.8 Å². The third-order valence-corrected chi connectivity index (χ3v) is 5.57. The van der Waals surface area contributed by atoms with Gasteiger partial charge in [-0.2, -0.15) is 0 Å². The Morgan fingerprint density at radius 2 is 1.94 bits per heavy atom. The van der Waals surface area contributed by atoms with Crippen molar-refractivity contribution in [1.29, 1.82) is 0 Å². The van der Waals surface area contributed by atoms with Crippen LogP contribution in [0.4, 0.5) is 5.95 Å². The number of nitrogens with zero attached hydrogens (tertiary/aromatic N) is 3. The summed E-state index contributed by atoms with van der Waals surface area (Å²) in [6.07, 6.45) is 1.05. The average molecular weight is 421 g/mol. The Kier molecular flexibility index (Phi) is 6.62. The van der Waals surface area contributed by atoms with Crippen molar-refractivity contribution in [1.82, 2.24) is 14.5 Å². The SMILES string of the molecule is CCOCCCn1c(NC(=O)C2CC(=O)N(Cc3ccccc3)C2)nc2ccccc21. The predicted molar refractivity (Wildman–Crippen MR) is 119 cm³/mol. The van der Waals surface area contributed by atoms with Crippen molar-refractivity contribution in [2.75, 3.05) is 25.1 Å². The maximum atomic E-state index is 13.0. The zero-order valence-corrected chi connectivity index (χ0v) is 17.8. The van der Waals surface area contributed by atoms with Gasteiger partial charge in [-0.15, -0.1) is 0 Å². The van der Waals surface area contributed by atoms with Gasteiger partial charge in [0.1, 0.15) is 0 Å². The summed E-state index contributed by atoms with van der Waals surface area (Å²) in [4.78, 5) is 31.8. The molecule has 1 aromatic heterocycles. The Balaban J connectivity index is 1.45. The Labute approximate surface area is 182 Å². The van der Waals surface area contributed by atoms with Crippen LogP contribution in [-0.4, -0.2) is 46.0 Å². The van der Waals surface area contributed by atoms with Gasteiger partial charge in [0.15, 0.2) is 0 Å². The van der Waals surface area contributed by atoms with Crippen LogP contribution in [0, 0.1) is 5.92 Å². The number of ether oxygens (including phenoxy) is 1. The number of carbonyl (C=O) groups excluding carboxylic acids is 2. The Morgan fingerprint density at radius 3 is 2.74 bits per heavy atom. The summed E-state index contributed by atoms with van der Waals surface area (Å²) >= 11 is 0. The number of para-hydroxylation sites is 2. The largest absolute Gasteiger partial charge is 0.382 e. The molecule has 4 rings (SSSR count). The van der Waals surface area contributed by atoms with Crippen molar-refractivity contribution >= 4 is 28.8 Å². The van der Waals surface area contributed by atoms with Crippen LogP contribution >= 0.6 is 0 Å². The molecule has 3 aromatic rings. The molecule has 1 aliphatic rings. The van der Waals surface area contributed by atoms with Gasteiger partial charge in [0.25, 0.3) is 0 Å². The zero-order valence-electron chi connectivity index (χ0n) is 17.8. The fourth-order valence-corrected chi connectivity index (χ4v) is 3.98. The minimum Gasteiger partial charge on any atom is -0.382 e. The van der Waals surface area contributed by atoms with Crippen LogP contribution < -0.4 is 5.32 Å². The second-order valence-electron chi connectivity index (χ2n) is 7.78. The minimum atomic E-state index is -0.382. The van der Waals surface area contributed by atoms with E-state index in [2.05, 4.69) is 10.3 Å². The lowest BCUT2D eigenvalue weighted by atomic mass is 10.1. The summed E-state index contributed by atoms with van der Waals surface area (Å²) in [5.74, 6) is -0.0101. The van der Waals surface area contributed by atoms with E-state index < -0.39 is 0 Å². The van der Waals surface area contributed by atoms with Crippen molar-refractivity contribution in [2.24, 2.45) is 5.92 Å². The highest BCUT2D eigenvalue weighted by Gasteiger charge is 2.34. The minimum absolute atomic E-state index is 0.00854. The van der Waals surface area contributed by atoms with Crippen molar-refractivity contribution in [3.8, 4) is 0 Å². The molecule has 0 aliphatic carbocycles. The van der Waals surface area contributed by atoms with Gasteiger partial charge in [0, 0.05) is 39.3 Å². The average Bonchev–Trinajstić information content (AvgIpc) is 3.32. The van der Waals surface area contributed by atoms with Gasteiger partial charge in [-0.05, 0) is 31.0 Å². The number of anilines is 1. The molecule has 2 amide bonds. The number of hydrogen-bond acceptors (Lipinski definition) is 4. The van der Waals surface area contributed by atoms with Gasteiger partial charge in [-0.25, -0.2) is 4.98 Å². The number of imidazole rings is 1. The number of fused-ring (bicyclic) bond motifs is 1. The van der Waals surface area contributed by atoms with Crippen LogP contribution in [0.5, 0.6) is 0 Å². The summed E-state index contributed by atoms with van der Waals surface area (Å²) in [5, 5.41) is 2.98. The number of benzene rings is 2. The molecule has 1 atom stereocenters. The lowest BCUT2D eigenvalue weighted by Crippen LogP contribution is -2.28. The molecule has 1 fully saturated rings. The second kappa shape index (κ2) is 9.75. The second-order valence-corrected chi connectivity index (χ2v) is 7.78. The molecule has 162 valence electrons. The first kappa shape index (κ1) is 21.1. The van der Waals surface area contributed by atoms with Crippen LogP contribution in [0.2, 0.25) is 0 Å². The van der Waals surface area contributed by atoms with E-state index in [-0.39, 0.29) is 24.2 Å². The van der Waals surface area contributed by atoms with Gasteiger partial charge < -0.3 is 14.2 Å². The number of amides is 2. The normalized spacial score (nSPS) is 16.2. The first-order valence-electron chi connectivity index (χ1n) is 10.8. The van der Waals surface area contributed by atoms with E-state index >= 15 is 0 Å². The number of aromatic nitrogens is 2. The molecule has 1 aliphatic heterocycles. The standard InChI is InChI=1S/C24H28N4O3/c1-2-31-14-8-13-28-21-12-7-6-11-20(21)25-24(28)26-23(30)19-15-22(29)27(17-19)16-18-9-4-3-5-10-18/h3-7,9-12,19H,2,8,13-17H2,1H3,(H,25,26,30). The van der Waals surface area contributed by atoms with Crippen LogP contribution in [0.3, 0.4) is 0 Å². The molecular weight excluding hydrogens is 392 g/mol. The molecule has 1 unspecified atom stereocenters. The van der Waals surface area contributed by atoms with E-state index in [1.807, 2.05) is 66.1 Å². The molecule has 0 saturated carbocycles. The lowest BCUT2D eigenvalue weighted by molar-refractivity contribution is -0.128. The summed E-state index contributed by atoms with van der Waals surface area (Å²) in [6.45, 7) is 4.96. The molecule has 0 spiro atoms. The third kappa shape index (κ3) is 4.94. The molecule has 0 bridgehead atoms. The monoisotopic (exact) mass is 420 g/mol. The molecule has 2 heterocycles. The molecule has 1 N–H and O–H groups in total. The molecule has 7 heteroatoms. The van der Waals surface area contributed by atoms with Crippen LogP contribution in [0.25, 0.3) is 11.0 Å². The molecule has 31 heavy (non-hydrogen) atoms. The van der Waals surface area contributed by atoms with Crippen LogP contribution in [0.15, 0.2) is 54.6 Å². The third-order valence-electron chi connectivity index (χ3n) is 5.57. The quantitative estimate of drug-likeness (QED) is 0.538. The fourth-order valence-electron chi connectivity index (χ4n) is 3.98. The van der Waals surface area contributed by atoms with E-state index in [4.69, 9.17) is 4.74 Å². The van der Waals surface area contributed by atoms with Crippen LogP contribution in [0.1, 0.15) is 25.3 Å². The maximum Gasteiger partial charge on any atom is 0.232 e. The van der Waals surface area contributed by atoms with Crippen molar-refractivity contribution in [3.63, 3.8) is 0 Å². The first-order valence-corrected chi connectivity index (χ1v) is 10.8. The molecular formula is C24H28N4O3. The fraction of sp³-hybridized carbons (Fsp3) is 0.375. The molecule has 2 aromatic carbocycles. The Hall–Kier alpha value is -3.19. The van der Waals surface area contributed by atoms with E-state index in [9.17, 15) is 9.59 Å². The van der Waals surface area contributed by atoms with E-state index in [0.717, 1.165) is 23.0 Å². The smallest absolute Gasteiger partial charge is 0.232 e. The molecule has 7 nitrogen and oxygen atoms in total. The Bertz CT molecular complexity index is 1050.